The average molecular weight is 430 g/mol. The maximum atomic E-state index is 5.90. The summed E-state index contributed by atoms with van der Waals surface area (Å²) in [6, 6.07) is 7.45. The van der Waals surface area contributed by atoms with E-state index in [0.29, 0.717) is 12.5 Å². The van der Waals surface area contributed by atoms with Crippen LogP contribution in [0.3, 0.4) is 0 Å². The summed E-state index contributed by atoms with van der Waals surface area (Å²) in [6.45, 7) is 6.56. The molecule has 0 fully saturated rings. The van der Waals surface area contributed by atoms with Gasteiger partial charge in [-0.05, 0) is 45.0 Å². The van der Waals surface area contributed by atoms with E-state index in [2.05, 4.69) is 41.2 Å². The molecule has 7 nitrogen and oxygen atoms in total. The summed E-state index contributed by atoms with van der Waals surface area (Å²) < 4.78 is 6.95. The fourth-order valence-corrected chi connectivity index (χ4v) is 1.95. The van der Waals surface area contributed by atoms with E-state index in [1.54, 1.807) is 7.11 Å². The van der Waals surface area contributed by atoms with Gasteiger partial charge in [-0.15, -0.1) is 24.0 Å². The minimum atomic E-state index is -0.139. The number of methoxy groups -OCH3 is 1. The van der Waals surface area contributed by atoms with E-state index >= 15 is 0 Å². The standard InChI is InChI=1S/C15H22N6O.HI/c1-15(2,3)21-13(18-10-19-21)9-17-14(16)20-11-5-7-12(22-4)8-6-11;/h5-8,10H,9H2,1-4H3,(H3,16,17,20);1H. The third kappa shape index (κ3) is 5.38. The van der Waals surface area contributed by atoms with Gasteiger partial charge in [0, 0.05) is 5.69 Å². The summed E-state index contributed by atoms with van der Waals surface area (Å²) in [5.74, 6) is 1.89. The van der Waals surface area contributed by atoms with Crippen molar-refractivity contribution in [3.8, 4) is 5.75 Å². The van der Waals surface area contributed by atoms with Gasteiger partial charge in [0.1, 0.15) is 24.4 Å². The average Bonchev–Trinajstić information content (AvgIpc) is 2.94. The summed E-state index contributed by atoms with van der Waals surface area (Å²) in [7, 11) is 1.63. The van der Waals surface area contributed by atoms with Crippen molar-refractivity contribution in [2.45, 2.75) is 32.9 Å². The molecule has 0 amide bonds. The molecule has 0 saturated heterocycles. The second kappa shape index (κ2) is 8.14. The number of aliphatic imine (C=N–C) groups is 1. The third-order valence-corrected chi connectivity index (χ3v) is 3.01. The van der Waals surface area contributed by atoms with E-state index in [1.165, 1.54) is 6.33 Å². The minimum Gasteiger partial charge on any atom is -0.497 e. The Balaban J connectivity index is 0.00000264. The van der Waals surface area contributed by atoms with Crippen molar-refractivity contribution in [1.29, 1.82) is 0 Å². The van der Waals surface area contributed by atoms with E-state index in [4.69, 9.17) is 10.5 Å². The molecule has 1 aromatic carbocycles. The number of hydrogen-bond acceptors (Lipinski definition) is 4. The van der Waals surface area contributed by atoms with Gasteiger partial charge in [-0.2, -0.15) is 5.10 Å². The molecule has 8 heteroatoms. The molecule has 0 bridgehead atoms. The highest BCUT2D eigenvalue weighted by Gasteiger charge is 2.17. The lowest BCUT2D eigenvalue weighted by Gasteiger charge is -2.20. The highest BCUT2D eigenvalue weighted by atomic mass is 127. The van der Waals surface area contributed by atoms with Crippen molar-refractivity contribution in [3.05, 3.63) is 36.4 Å². The Hall–Kier alpha value is -1.84. The van der Waals surface area contributed by atoms with Gasteiger partial charge in [-0.1, -0.05) is 0 Å². The zero-order valence-corrected chi connectivity index (χ0v) is 16.1. The third-order valence-electron chi connectivity index (χ3n) is 3.01. The molecule has 2 rings (SSSR count). The minimum absolute atomic E-state index is 0. The predicted octanol–water partition coefficient (Wildman–Crippen LogP) is 2.59. The summed E-state index contributed by atoms with van der Waals surface area (Å²) >= 11 is 0. The van der Waals surface area contributed by atoms with E-state index in [1.807, 2.05) is 28.9 Å². The number of halogens is 1. The van der Waals surface area contributed by atoms with Crippen LogP contribution < -0.4 is 15.8 Å². The zero-order chi connectivity index (χ0) is 16.2. The van der Waals surface area contributed by atoms with Crippen LogP contribution >= 0.6 is 24.0 Å². The lowest BCUT2D eigenvalue weighted by molar-refractivity contribution is 0.342. The second-order valence-electron chi connectivity index (χ2n) is 5.81. The molecular formula is C15H23IN6O. The number of ether oxygens (including phenoxy) is 1. The lowest BCUT2D eigenvalue weighted by Crippen LogP contribution is -2.26. The molecule has 0 radical (unpaired) electrons. The van der Waals surface area contributed by atoms with Crippen molar-refractivity contribution >= 4 is 35.6 Å². The van der Waals surface area contributed by atoms with E-state index < -0.39 is 0 Å². The molecule has 0 saturated carbocycles. The van der Waals surface area contributed by atoms with Gasteiger partial charge < -0.3 is 15.8 Å². The highest BCUT2D eigenvalue weighted by molar-refractivity contribution is 14.0. The van der Waals surface area contributed by atoms with Crippen molar-refractivity contribution in [1.82, 2.24) is 14.8 Å². The Kier molecular flexibility index (Phi) is 6.79. The first-order chi connectivity index (χ1) is 10.4. The van der Waals surface area contributed by atoms with Crippen molar-refractivity contribution in [2.24, 2.45) is 10.7 Å². The largest absolute Gasteiger partial charge is 0.497 e. The van der Waals surface area contributed by atoms with Gasteiger partial charge in [0.15, 0.2) is 5.96 Å². The molecule has 1 aromatic heterocycles. The van der Waals surface area contributed by atoms with E-state index in [-0.39, 0.29) is 29.5 Å². The predicted molar refractivity (Wildman–Crippen MR) is 102 cm³/mol. The van der Waals surface area contributed by atoms with Gasteiger partial charge in [-0.3, -0.25) is 0 Å². The number of rotatable bonds is 4. The number of aromatic nitrogens is 3. The van der Waals surface area contributed by atoms with Crippen molar-refractivity contribution in [2.75, 3.05) is 12.4 Å². The summed E-state index contributed by atoms with van der Waals surface area (Å²) in [4.78, 5) is 8.54. The first kappa shape index (κ1) is 19.2. The first-order valence-corrected chi connectivity index (χ1v) is 7.00. The smallest absolute Gasteiger partial charge is 0.193 e. The van der Waals surface area contributed by atoms with Crippen LogP contribution in [-0.2, 0) is 12.1 Å². The van der Waals surface area contributed by atoms with Gasteiger partial charge in [0.25, 0.3) is 0 Å². The number of guanidine groups is 1. The summed E-state index contributed by atoms with van der Waals surface area (Å²) in [5, 5.41) is 7.26. The Morgan fingerprint density at radius 2 is 1.96 bits per heavy atom. The molecule has 2 aromatic rings. The molecule has 1 heterocycles. The van der Waals surface area contributed by atoms with E-state index in [0.717, 1.165) is 17.3 Å². The second-order valence-corrected chi connectivity index (χ2v) is 5.81. The van der Waals surface area contributed by atoms with Crippen LogP contribution in [0.1, 0.15) is 26.6 Å². The van der Waals surface area contributed by atoms with Gasteiger partial charge in [0.2, 0.25) is 0 Å². The highest BCUT2D eigenvalue weighted by Crippen LogP contribution is 2.16. The van der Waals surface area contributed by atoms with Crippen molar-refractivity contribution < 1.29 is 4.74 Å². The van der Waals surface area contributed by atoms with Crippen LogP contribution in [0.25, 0.3) is 0 Å². The van der Waals surface area contributed by atoms with Crippen LogP contribution in [0.5, 0.6) is 5.75 Å². The van der Waals surface area contributed by atoms with Crippen LogP contribution in [0.15, 0.2) is 35.6 Å². The first-order valence-electron chi connectivity index (χ1n) is 7.00. The molecule has 0 aliphatic carbocycles. The van der Waals surface area contributed by atoms with Gasteiger partial charge in [-0.25, -0.2) is 14.7 Å². The Labute approximate surface area is 153 Å². The van der Waals surface area contributed by atoms with E-state index in [9.17, 15) is 0 Å². The number of nitrogens with two attached hydrogens (primary N) is 1. The van der Waals surface area contributed by atoms with Gasteiger partial charge >= 0.3 is 0 Å². The number of hydrogen-bond donors (Lipinski definition) is 2. The Bertz CT molecular complexity index is 645. The Morgan fingerprint density at radius 1 is 1.30 bits per heavy atom. The van der Waals surface area contributed by atoms with Crippen molar-refractivity contribution in [3.63, 3.8) is 0 Å². The van der Waals surface area contributed by atoms with Crippen LogP contribution in [-0.4, -0.2) is 27.8 Å². The van der Waals surface area contributed by atoms with Crippen LogP contribution in [0.2, 0.25) is 0 Å². The maximum absolute atomic E-state index is 5.90. The topological polar surface area (TPSA) is 90.3 Å². The SMILES string of the molecule is COc1ccc(NC(N)=NCc2ncnn2C(C)(C)C)cc1.I. The number of nitrogens with zero attached hydrogens (tertiary/aromatic N) is 4. The fourth-order valence-electron chi connectivity index (χ4n) is 1.95. The molecule has 0 unspecified atom stereocenters. The molecular weight excluding hydrogens is 407 g/mol. The normalized spacial score (nSPS) is 11.7. The monoisotopic (exact) mass is 430 g/mol. The number of anilines is 1. The summed E-state index contributed by atoms with van der Waals surface area (Å²) in [6.07, 6.45) is 1.53. The molecule has 0 aliphatic heterocycles. The fraction of sp³-hybridized carbons (Fsp3) is 0.400. The summed E-state index contributed by atoms with van der Waals surface area (Å²) in [5.41, 5.74) is 6.61. The zero-order valence-electron chi connectivity index (χ0n) is 13.8. The molecule has 23 heavy (non-hydrogen) atoms. The Morgan fingerprint density at radius 3 is 2.52 bits per heavy atom. The molecule has 126 valence electrons. The van der Waals surface area contributed by atoms with Crippen LogP contribution in [0.4, 0.5) is 5.69 Å². The number of benzene rings is 1. The maximum Gasteiger partial charge on any atom is 0.193 e. The lowest BCUT2D eigenvalue weighted by atomic mass is 10.1. The van der Waals surface area contributed by atoms with Crippen LogP contribution in [0, 0.1) is 0 Å². The quantitative estimate of drug-likeness (QED) is 0.442. The molecule has 0 spiro atoms. The molecule has 3 N–H and O–H groups in total. The molecule has 0 atom stereocenters. The molecule has 0 aliphatic rings. The number of nitrogens with one attached hydrogen (secondary N) is 1. The van der Waals surface area contributed by atoms with Gasteiger partial charge in [0.05, 0.1) is 12.6 Å².